The van der Waals surface area contributed by atoms with Gasteiger partial charge >= 0.3 is 5.97 Å². The molecule has 0 unspecified atom stereocenters. The Morgan fingerprint density at radius 3 is 2.76 bits per heavy atom. The number of nitrogens with zero attached hydrogens (tertiary/aromatic N) is 1. The highest BCUT2D eigenvalue weighted by Crippen LogP contribution is 2.18. The summed E-state index contributed by atoms with van der Waals surface area (Å²) in [5.74, 6) is -0.578. The zero-order valence-corrected chi connectivity index (χ0v) is 11.6. The maximum atomic E-state index is 11.9. The third-order valence-corrected chi connectivity index (χ3v) is 2.55. The van der Waals surface area contributed by atoms with Crippen LogP contribution in [0.5, 0.6) is 5.75 Å². The number of amides is 1. The molecule has 2 aromatic rings. The van der Waals surface area contributed by atoms with Crippen molar-refractivity contribution in [3.8, 4) is 5.75 Å². The minimum Gasteiger partial charge on any atom is -0.496 e. The van der Waals surface area contributed by atoms with Gasteiger partial charge in [0.15, 0.2) is 6.61 Å². The van der Waals surface area contributed by atoms with Crippen LogP contribution < -0.4 is 10.1 Å². The summed E-state index contributed by atoms with van der Waals surface area (Å²) in [5, 5.41) is 6.04. The summed E-state index contributed by atoms with van der Waals surface area (Å²) in [5.41, 5.74) is 0.889. The first kappa shape index (κ1) is 14.6. The van der Waals surface area contributed by atoms with Gasteiger partial charge in [-0.25, -0.2) is 4.79 Å². The van der Waals surface area contributed by atoms with Crippen molar-refractivity contribution in [1.29, 1.82) is 0 Å². The highest BCUT2D eigenvalue weighted by Gasteiger charge is 2.15. The lowest BCUT2D eigenvalue weighted by Gasteiger charge is -2.08. The van der Waals surface area contributed by atoms with Crippen molar-refractivity contribution < 1.29 is 23.6 Å². The molecule has 0 saturated heterocycles. The van der Waals surface area contributed by atoms with Gasteiger partial charge in [-0.1, -0.05) is 17.3 Å². The number of methoxy groups -OCH3 is 1. The van der Waals surface area contributed by atoms with Gasteiger partial charge in [0.05, 0.1) is 12.8 Å². The van der Waals surface area contributed by atoms with E-state index in [0.717, 1.165) is 0 Å². The Balaban J connectivity index is 1.90. The Morgan fingerprint density at radius 2 is 2.10 bits per heavy atom. The van der Waals surface area contributed by atoms with E-state index < -0.39 is 18.5 Å². The van der Waals surface area contributed by atoms with Crippen LogP contribution in [0.15, 0.2) is 34.9 Å². The summed E-state index contributed by atoms with van der Waals surface area (Å²) < 4.78 is 14.8. The fraction of sp³-hybridized carbons (Fsp3) is 0.214. The molecule has 110 valence electrons. The first-order valence-corrected chi connectivity index (χ1v) is 6.13. The molecule has 0 aliphatic carbocycles. The molecular formula is C14H14N2O5. The van der Waals surface area contributed by atoms with Gasteiger partial charge in [-0.2, -0.15) is 0 Å². The van der Waals surface area contributed by atoms with Gasteiger partial charge in [0.25, 0.3) is 5.91 Å². The molecule has 7 heteroatoms. The molecule has 7 nitrogen and oxygen atoms in total. The maximum absolute atomic E-state index is 11.9. The number of para-hydroxylation sites is 1. The summed E-state index contributed by atoms with van der Waals surface area (Å²) in [7, 11) is 1.45. The second kappa shape index (κ2) is 6.56. The first-order chi connectivity index (χ1) is 10.1. The van der Waals surface area contributed by atoms with E-state index in [0.29, 0.717) is 11.4 Å². The molecule has 0 bridgehead atoms. The Morgan fingerprint density at radius 1 is 1.33 bits per heavy atom. The van der Waals surface area contributed by atoms with Crippen LogP contribution in [0.25, 0.3) is 0 Å². The van der Waals surface area contributed by atoms with Gasteiger partial charge in [-0.05, 0) is 19.1 Å². The van der Waals surface area contributed by atoms with E-state index in [1.54, 1.807) is 37.3 Å². The van der Waals surface area contributed by atoms with E-state index in [9.17, 15) is 9.59 Å². The SMILES string of the molecule is COc1ccccc1C(=O)OCC(=O)Nc1cc(C)no1. The van der Waals surface area contributed by atoms with Crippen LogP contribution in [0.3, 0.4) is 0 Å². The van der Waals surface area contributed by atoms with Crippen LogP contribution in [0.4, 0.5) is 5.88 Å². The van der Waals surface area contributed by atoms with Crippen molar-refractivity contribution in [3.63, 3.8) is 0 Å². The highest BCUT2D eigenvalue weighted by atomic mass is 16.5. The minimum absolute atomic E-state index is 0.200. The van der Waals surface area contributed by atoms with E-state index in [-0.39, 0.29) is 11.4 Å². The number of esters is 1. The molecule has 0 fully saturated rings. The fourth-order valence-electron chi connectivity index (χ4n) is 1.62. The van der Waals surface area contributed by atoms with E-state index in [4.69, 9.17) is 14.0 Å². The molecule has 1 aromatic heterocycles. The van der Waals surface area contributed by atoms with Crippen LogP contribution in [0, 0.1) is 6.92 Å². The Kier molecular flexibility index (Phi) is 4.55. The number of rotatable bonds is 5. The highest BCUT2D eigenvalue weighted by molar-refractivity contribution is 5.96. The molecule has 1 heterocycles. The van der Waals surface area contributed by atoms with Gasteiger partial charge in [0.1, 0.15) is 11.3 Å². The molecule has 0 aliphatic rings. The molecule has 1 amide bonds. The molecule has 0 atom stereocenters. The third-order valence-electron chi connectivity index (χ3n) is 2.55. The lowest BCUT2D eigenvalue weighted by atomic mass is 10.2. The van der Waals surface area contributed by atoms with Crippen molar-refractivity contribution in [3.05, 3.63) is 41.6 Å². The molecule has 21 heavy (non-hydrogen) atoms. The lowest BCUT2D eigenvalue weighted by molar-refractivity contribution is -0.119. The van der Waals surface area contributed by atoms with Crippen molar-refractivity contribution in [1.82, 2.24) is 5.16 Å². The van der Waals surface area contributed by atoms with E-state index >= 15 is 0 Å². The van der Waals surface area contributed by atoms with Crippen LogP contribution in [0.2, 0.25) is 0 Å². The largest absolute Gasteiger partial charge is 0.496 e. The number of benzene rings is 1. The number of aryl methyl sites for hydroxylation is 1. The number of aromatic nitrogens is 1. The van der Waals surface area contributed by atoms with Gasteiger partial charge in [-0.3, -0.25) is 10.1 Å². The monoisotopic (exact) mass is 290 g/mol. The maximum Gasteiger partial charge on any atom is 0.342 e. The second-order valence-corrected chi connectivity index (χ2v) is 4.16. The Labute approximate surface area is 120 Å². The van der Waals surface area contributed by atoms with Crippen molar-refractivity contribution >= 4 is 17.8 Å². The molecule has 0 spiro atoms. The van der Waals surface area contributed by atoms with Gasteiger partial charge in [-0.15, -0.1) is 0 Å². The molecule has 0 aliphatic heterocycles. The molecule has 1 N–H and O–H groups in total. The van der Waals surface area contributed by atoms with E-state index in [2.05, 4.69) is 10.5 Å². The van der Waals surface area contributed by atoms with Crippen LogP contribution in [-0.4, -0.2) is 30.7 Å². The van der Waals surface area contributed by atoms with Crippen molar-refractivity contribution in [2.45, 2.75) is 6.92 Å². The number of ether oxygens (including phenoxy) is 2. The summed E-state index contributed by atoms with van der Waals surface area (Å²) in [6.07, 6.45) is 0. The topological polar surface area (TPSA) is 90.7 Å². The van der Waals surface area contributed by atoms with Crippen LogP contribution in [0.1, 0.15) is 16.1 Å². The summed E-state index contributed by atoms with van der Waals surface area (Å²) in [4.78, 5) is 23.5. The van der Waals surface area contributed by atoms with Crippen molar-refractivity contribution in [2.24, 2.45) is 0 Å². The smallest absolute Gasteiger partial charge is 0.342 e. The number of anilines is 1. The lowest BCUT2D eigenvalue weighted by Crippen LogP contribution is -2.20. The average molecular weight is 290 g/mol. The van der Waals surface area contributed by atoms with Gasteiger partial charge < -0.3 is 14.0 Å². The Bertz CT molecular complexity index is 650. The zero-order valence-electron chi connectivity index (χ0n) is 11.6. The number of hydrogen-bond acceptors (Lipinski definition) is 6. The van der Waals surface area contributed by atoms with E-state index in [1.807, 2.05) is 0 Å². The number of carbonyl (C=O) groups excluding carboxylic acids is 2. The predicted molar refractivity (Wildman–Crippen MR) is 73.1 cm³/mol. The van der Waals surface area contributed by atoms with E-state index in [1.165, 1.54) is 7.11 Å². The number of nitrogens with one attached hydrogen (secondary N) is 1. The number of hydrogen-bond donors (Lipinski definition) is 1. The standard InChI is InChI=1S/C14H14N2O5/c1-9-7-13(21-16-9)15-12(17)8-20-14(18)10-5-3-4-6-11(10)19-2/h3-7H,8H2,1-2H3,(H,15,17). The summed E-state index contributed by atoms with van der Waals surface area (Å²) in [6.45, 7) is 1.29. The molecule has 1 aromatic carbocycles. The summed E-state index contributed by atoms with van der Waals surface area (Å²) in [6, 6.07) is 8.15. The molecule has 0 radical (unpaired) electrons. The molecule has 2 rings (SSSR count). The third kappa shape index (κ3) is 3.82. The first-order valence-electron chi connectivity index (χ1n) is 6.13. The van der Waals surface area contributed by atoms with Gasteiger partial charge in [0, 0.05) is 6.07 Å². The fourth-order valence-corrected chi connectivity index (χ4v) is 1.62. The zero-order chi connectivity index (χ0) is 15.2. The summed E-state index contributed by atoms with van der Waals surface area (Å²) >= 11 is 0. The average Bonchev–Trinajstić information content (AvgIpc) is 2.89. The van der Waals surface area contributed by atoms with Crippen molar-refractivity contribution in [2.75, 3.05) is 19.0 Å². The Hall–Kier alpha value is -2.83. The van der Waals surface area contributed by atoms with Crippen LogP contribution in [-0.2, 0) is 9.53 Å². The number of carbonyl (C=O) groups is 2. The van der Waals surface area contributed by atoms with Gasteiger partial charge in [0.2, 0.25) is 5.88 Å². The normalized spacial score (nSPS) is 10.0. The quantitative estimate of drug-likeness (QED) is 0.844. The van der Waals surface area contributed by atoms with Crippen LogP contribution >= 0.6 is 0 Å². The molecular weight excluding hydrogens is 276 g/mol. The minimum atomic E-state index is -0.642. The predicted octanol–water partition coefficient (Wildman–Crippen LogP) is 1.79. The second-order valence-electron chi connectivity index (χ2n) is 4.16. The molecule has 0 saturated carbocycles.